The summed E-state index contributed by atoms with van der Waals surface area (Å²) in [4.78, 5) is 1.93. The first-order valence-electron chi connectivity index (χ1n) is 5.88. The SMILES string of the molecule is Nc1ccc(SCC[S+]([O-])c2ccccc2)cc1N. The van der Waals surface area contributed by atoms with Crippen molar-refractivity contribution in [3.05, 3.63) is 48.5 Å². The third-order valence-corrected chi connectivity index (χ3v) is 5.23. The first-order chi connectivity index (χ1) is 9.16. The van der Waals surface area contributed by atoms with Crippen LogP contribution in [0.15, 0.2) is 58.3 Å². The van der Waals surface area contributed by atoms with Crippen LogP contribution < -0.4 is 11.5 Å². The first-order valence-corrected chi connectivity index (χ1v) is 8.18. The Morgan fingerprint density at radius 1 is 1.00 bits per heavy atom. The van der Waals surface area contributed by atoms with Gasteiger partial charge in [0.05, 0.1) is 11.4 Å². The second-order valence-corrected chi connectivity index (χ2v) is 6.74. The van der Waals surface area contributed by atoms with Crippen LogP contribution in [0.25, 0.3) is 0 Å². The fourth-order valence-electron chi connectivity index (χ4n) is 1.57. The molecule has 3 nitrogen and oxygen atoms in total. The Kier molecular flexibility index (Phi) is 5.01. The van der Waals surface area contributed by atoms with Gasteiger partial charge in [0.2, 0.25) is 0 Å². The second kappa shape index (κ2) is 6.75. The fraction of sp³-hybridized carbons (Fsp3) is 0.143. The van der Waals surface area contributed by atoms with Gasteiger partial charge in [0.25, 0.3) is 0 Å². The molecule has 19 heavy (non-hydrogen) atoms. The van der Waals surface area contributed by atoms with Crippen molar-refractivity contribution < 1.29 is 4.55 Å². The zero-order valence-electron chi connectivity index (χ0n) is 10.4. The molecule has 0 aliphatic carbocycles. The van der Waals surface area contributed by atoms with Crippen molar-refractivity contribution in [2.45, 2.75) is 9.79 Å². The molecule has 0 saturated carbocycles. The number of nitrogen functional groups attached to an aromatic ring is 2. The van der Waals surface area contributed by atoms with E-state index in [0.29, 0.717) is 17.1 Å². The minimum absolute atomic E-state index is 0.592. The Morgan fingerprint density at radius 3 is 2.42 bits per heavy atom. The maximum atomic E-state index is 12.0. The summed E-state index contributed by atoms with van der Waals surface area (Å²) in [5, 5.41) is 0. The van der Waals surface area contributed by atoms with Crippen LogP contribution in [-0.2, 0) is 11.2 Å². The van der Waals surface area contributed by atoms with Crippen molar-refractivity contribution in [3.63, 3.8) is 0 Å². The third-order valence-electron chi connectivity index (χ3n) is 2.60. The molecule has 0 aliphatic heterocycles. The lowest BCUT2D eigenvalue weighted by molar-refractivity contribution is 0.596. The van der Waals surface area contributed by atoms with Gasteiger partial charge in [-0.3, -0.25) is 0 Å². The van der Waals surface area contributed by atoms with E-state index in [1.807, 2.05) is 42.5 Å². The molecule has 0 bridgehead atoms. The lowest BCUT2D eigenvalue weighted by atomic mass is 10.3. The van der Waals surface area contributed by atoms with Crippen LogP contribution in [0.5, 0.6) is 0 Å². The highest BCUT2D eigenvalue weighted by Gasteiger charge is 2.09. The standard InChI is InChI=1S/C14H16N2OS2/c15-13-7-6-11(10-14(13)16)18-8-9-19(17)12-4-2-1-3-5-12/h1-7,10H,8-9,15-16H2. The first kappa shape index (κ1) is 14.1. The summed E-state index contributed by atoms with van der Waals surface area (Å²) in [6.07, 6.45) is 0. The molecule has 5 heteroatoms. The fourth-order valence-corrected chi connectivity index (χ4v) is 3.81. The summed E-state index contributed by atoms with van der Waals surface area (Å²) >= 11 is 0.694. The van der Waals surface area contributed by atoms with Crippen LogP contribution >= 0.6 is 11.8 Å². The van der Waals surface area contributed by atoms with E-state index in [2.05, 4.69) is 0 Å². The molecule has 0 fully saturated rings. The Bertz CT molecular complexity index is 534. The summed E-state index contributed by atoms with van der Waals surface area (Å²) in [5.41, 5.74) is 12.6. The Labute approximate surface area is 120 Å². The van der Waals surface area contributed by atoms with E-state index < -0.39 is 11.2 Å². The lowest BCUT2D eigenvalue weighted by Gasteiger charge is -2.10. The monoisotopic (exact) mass is 292 g/mol. The molecule has 0 aliphatic rings. The van der Waals surface area contributed by atoms with Gasteiger partial charge in [0, 0.05) is 10.6 Å². The molecule has 100 valence electrons. The normalized spacial score (nSPS) is 12.3. The highest BCUT2D eigenvalue weighted by Crippen LogP contribution is 2.25. The van der Waals surface area contributed by atoms with Gasteiger partial charge in [-0.2, -0.15) is 0 Å². The number of benzene rings is 2. The van der Waals surface area contributed by atoms with Gasteiger partial charge in [-0.1, -0.05) is 18.2 Å². The number of anilines is 2. The van der Waals surface area contributed by atoms with E-state index in [1.54, 1.807) is 17.8 Å². The molecule has 0 heterocycles. The predicted octanol–water partition coefficient (Wildman–Crippen LogP) is 2.75. The summed E-state index contributed by atoms with van der Waals surface area (Å²) < 4.78 is 12.0. The third kappa shape index (κ3) is 4.09. The maximum absolute atomic E-state index is 12.0. The minimum Gasteiger partial charge on any atom is -0.611 e. The Morgan fingerprint density at radius 2 is 1.74 bits per heavy atom. The molecule has 2 aromatic carbocycles. The van der Waals surface area contributed by atoms with Crippen LogP contribution in [0.4, 0.5) is 11.4 Å². The number of nitrogens with two attached hydrogens (primary N) is 2. The molecular weight excluding hydrogens is 276 g/mol. The van der Waals surface area contributed by atoms with E-state index in [0.717, 1.165) is 15.5 Å². The number of hydrogen-bond acceptors (Lipinski definition) is 4. The highest BCUT2D eigenvalue weighted by atomic mass is 32.2. The number of rotatable bonds is 5. The molecule has 2 aromatic rings. The lowest BCUT2D eigenvalue weighted by Crippen LogP contribution is -2.08. The summed E-state index contributed by atoms with van der Waals surface area (Å²) in [7, 11) is 0. The van der Waals surface area contributed by atoms with Crippen molar-refractivity contribution in [3.8, 4) is 0 Å². The van der Waals surface area contributed by atoms with E-state index >= 15 is 0 Å². The smallest absolute Gasteiger partial charge is 0.152 e. The van der Waals surface area contributed by atoms with Crippen molar-refractivity contribution in [2.24, 2.45) is 0 Å². The largest absolute Gasteiger partial charge is 0.611 e. The van der Waals surface area contributed by atoms with Gasteiger partial charge in [-0.05, 0) is 41.5 Å². The van der Waals surface area contributed by atoms with E-state index in [9.17, 15) is 4.55 Å². The van der Waals surface area contributed by atoms with Gasteiger partial charge >= 0.3 is 0 Å². The predicted molar refractivity (Wildman–Crippen MR) is 83.7 cm³/mol. The molecule has 1 atom stereocenters. The van der Waals surface area contributed by atoms with Crippen LogP contribution in [0.3, 0.4) is 0 Å². The molecule has 0 aromatic heterocycles. The highest BCUT2D eigenvalue weighted by molar-refractivity contribution is 8.00. The minimum atomic E-state index is -0.944. The molecule has 2 rings (SSSR count). The number of hydrogen-bond donors (Lipinski definition) is 2. The van der Waals surface area contributed by atoms with Crippen molar-refractivity contribution >= 4 is 34.3 Å². The number of thioether (sulfide) groups is 1. The summed E-state index contributed by atoms with van der Waals surface area (Å²) in [5.74, 6) is 1.41. The molecule has 0 spiro atoms. The van der Waals surface area contributed by atoms with Gasteiger partial charge in [-0.15, -0.1) is 11.8 Å². The van der Waals surface area contributed by atoms with Gasteiger partial charge < -0.3 is 16.0 Å². The molecular formula is C14H16N2OS2. The van der Waals surface area contributed by atoms with E-state index in [1.165, 1.54) is 0 Å². The van der Waals surface area contributed by atoms with Crippen LogP contribution in [0, 0.1) is 0 Å². The topological polar surface area (TPSA) is 75.1 Å². The van der Waals surface area contributed by atoms with Crippen molar-refractivity contribution in [1.29, 1.82) is 0 Å². The van der Waals surface area contributed by atoms with E-state index in [-0.39, 0.29) is 0 Å². The zero-order valence-corrected chi connectivity index (χ0v) is 12.0. The van der Waals surface area contributed by atoms with Crippen LogP contribution in [-0.4, -0.2) is 16.1 Å². The Balaban J connectivity index is 1.85. The molecule has 1 unspecified atom stereocenters. The second-order valence-electron chi connectivity index (χ2n) is 4.00. The Hall–Kier alpha value is -1.30. The quantitative estimate of drug-likeness (QED) is 0.505. The maximum Gasteiger partial charge on any atom is 0.152 e. The van der Waals surface area contributed by atoms with Crippen molar-refractivity contribution in [2.75, 3.05) is 23.0 Å². The molecule has 0 radical (unpaired) electrons. The van der Waals surface area contributed by atoms with Gasteiger partial charge in [-0.25, -0.2) is 0 Å². The van der Waals surface area contributed by atoms with Gasteiger partial charge in [0.15, 0.2) is 4.90 Å². The molecule has 0 saturated heterocycles. The van der Waals surface area contributed by atoms with E-state index in [4.69, 9.17) is 11.5 Å². The molecule has 4 N–H and O–H groups in total. The zero-order chi connectivity index (χ0) is 13.7. The van der Waals surface area contributed by atoms with Crippen LogP contribution in [0.2, 0.25) is 0 Å². The average Bonchev–Trinajstić information content (AvgIpc) is 2.43. The average molecular weight is 292 g/mol. The van der Waals surface area contributed by atoms with Crippen molar-refractivity contribution in [1.82, 2.24) is 0 Å². The molecule has 0 amide bonds. The summed E-state index contributed by atoms with van der Waals surface area (Å²) in [6, 6.07) is 15.1. The van der Waals surface area contributed by atoms with Crippen LogP contribution in [0.1, 0.15) is 0 Å². The van der Waals surface area contributed by atoms with Gasteiger partial charge in [0.1, 0.15) is 5.75 Å². The summed E-state index contributed by atoms with van der Waals surface area (Å²) in [6.45, 7) is 0.